The molecule has 0 fully saturated rings. The topological polar surface area (TPSA) is 129 Å². The number of hydrogen-bond donors (Lipinski definition) is 3. The van der Waals surface area contributed by atoms with Gasteiger partial charge in [0.1, 0.15) is 0 Å². The van der Waals surface area contributed by atoms with Gasteiger partial charge >= 0.3 is 10.2 Å². The number of hydrogen-bond acceptors (Lipinski definition) is 7. The molecule has 9 nitrogen and oxygen atoms in total. The van der Waals surface area contributed by atoms with Gasteiger partial charge in [0.15, 0.2) is 9.84 Å². The number of benzene rings is 2. The molecule has 0 saturated carbocycles. The maximum absolute atomic E-state index is 14.0. The van der Waals surface area contributed by atoms with Crippen LogP contribution in [-0.2, 0) is 20.0 Å². The normalized spacial score (nSPS) is 19.4. The highest BCUT2D eigenvalue weighted by molar-refractivity contribution is 7.94. The Labute approximate surface area is 250 Å². The molecule has 0 amide bonds. The highest BCUT2D eigenvalue weighted by Crippen LogP contribution is 2.50. The van der Waals surface area contributed by atoms with E-state index in [1.54, 1.807) is 42.5 Å². The van der Waals surface area contributed by atoms with Gasteiger partial charge in [0.25, 0.3) is 0 Å². The first-order valence-corrected chi connectivity index (χ1v) is 17.6. The largest absolute Gasteiger partial charge is 0.392 e. The van der Waals surface area contributed by atoms with Crippen molar-refractivity contribution in [3.05, 3.63) is 78.1 Å². The first-order chi connectivity index (χ1) is 19.9. The van der Waals surface area contributed by atoms with Crippen molar-refractivity contribution < 1.29 is 21.9 Å². The van der Waals surface area contributed by atoms with Crippen LogP contribution in [0.3, 0.4) is 0 Å². The van der Waals surface area contributed by atoms with Crippen LogP contribution >= 0.6 is 0 Å². The summed E-state index contributed by atoms with van der Waals surface area (Å²) in [7, 11) is -3.96. The van der Waals surface area contributed by atoms with Crippen LogP contribution in [-0.4, -0.2) is 52.9 Å². The summed E-state index contributed by atoms with van der Waals surface area (Å²) in [6, 6.07) is 15.3. The smallest absolute Gasteiger partial charge is 0.321 e. The van der Waals surface area contributed by atoms with E-state index in [9.17, 15) is 21.9 Å². The molecule has 42 heavy (non-hydrogen) atoms. The van der Waals surface area contributed by atoms with Crippen LogP contribution in [0.15, 0.2) is 71.9 Å². The molecule has 4 rings (SSSR count). The summed E-state index contributed by atoms with van der Waals surface area (Å²) >= 11 is 0. The summed E-state index contributed by atoms with van der Waals surface area (Å²) in [5, 5.41) is 12.4. The molecular formula is C31H42N4O5S2. The van der Waals surface area contributed by atoms with Crippen molar-refractivity contribution >= 4 is 37.1 Å². The van der Waals surface area contributed by atoms with Crippen molar-refractivity contribution in [3.63, 3.8) is 0 Å². The number of aliphatic hydroxyl groups excluding tert-OH is 1. The zero-order chi connectivity index (χ0) is 30.5. The molecule has 0 saturated heterocycles. The number of rotatable bonds is 12. The highest BCUT2D eigenvalue weighted by atomic mass is 32.2. The molecule has 0 aliphatic carbocycles. The quantitative estimate of drug-likeness (QED) is 0.244. The lowest BCUT2D eigenvalue weighted by Gasteiger charge is -2.40. The zero-order valence-corrected chi connectivity index (χ0v) is 26.4. The fourth-order valence-corrected chi connectivity index (χ4v) is 9.07. The molecule has 1 aliphatic heterocycles. The summed E-state index contributed by atoms with van der Waals surface area (Å²) < 4.78 is 59.0. The zero-order valence-electron chi connectivity index (χ0n) is 24.7. The van der Waals surface area contributed by atoms with Crippen LogP contribution in [0.1, 0.15) is 69.4 Å². The van der Waals surface area contributed by atoms with E-state index in [4.69, 9.17) is 0 Å². The SMILES string of the molecule is CCCCC1(CCCC)CS(=O)(=O)c2ccc(N(C)C)cc2[C@@H](c2cccc(NS(=O)(=O)Nc3ccncc3)c2)[C@H]1O. The Kier molecular flexibility index (Phi) is 9.84. The second kappa shape index (κ2) is 13.0. The van der Waals surface area contributed by atoms with Gasteiger partial charge in [-0.05, 0) is 66.4 Å². The maximum atomic E-state index is 14.0. The lowest BCUT2D eigenvalue weighted by molar-refractivity contribution is 0.0127. The van der Waals surface area contributed by atoms with E-state index in [0.29, 0.717) is 35.3 Å². The van der Waals surface area contributed by atoms with Gasteiger partial charge in [-0.1, -0.05) is 51.7 Å². The van der Waals surface area contributed by atoms with E-state index in [2.05, 4.69) is 28.3 Å². The first kappa shape index (κ1) is 31.8. The van der Waals surface area contributed by atoms with E-state index in [0.717, 1.165) is 31.4 Å². The molecule has 228 valence electrons. The number of pyridine rings is 1. The number of unbranched alkanes of at least 4 members (excludes halogenated alkanes) is 2. The molecule has 2 aromatic carbocycles. The van der Waals surface area contributed by atoms with E-state index < -0.39 is 37.5 Å². The summed E-state index contributed by atoms with van der Waals surface area (Å²) in [6.45, 7) is 4.13. The fourth-order valence-electron chi connectivity index (χ4n) is 5.94. The lowest BCUT2D eigenvalue weighted by atomic mass is 9.68. The first-order valence-electron chi connectivity index (χ1n) is 14.4. The van der Waals surface area contributed by atoms with Gasteiger partial charge < -0.3 is 10.0 Å². The van der Waals surface area contributed by atoms with Gasteiger partial charge in [0.2, 0.25) is 0 Å². The Balaban J connectivity index is 1.86. The number of fused-ring (bicyclic) bond motifs is 1. The molecule has 3 aromatic rings. The highest BCUT2D eigenvalue weighted by Gasteiger charge is 2.49. The number of nitrogens with zero attached hydrogens (tertiary/aromatic N) is 2. The van der Waals surface area contributed by atoms with Crippen LogP contribution in [0.25, 0.3) is 0 Å². The van der Waals surface area contributed by atoms with Crippen LogP contribution in [0.2, 0.25) is 0 Å². The molecule has 3 N–H and O–H groups in total. The Morgan fingerprint density at radius 1 is 0.952 bits per heavy atom. The monoisotopic (exact) mass is 614 g/mol. The number of anilines is 3. The number of sulfone groups is 1. The van der Waals surface area contributed by atoms with Crippen molar-refractivity contribution in [1.82, 2.24) is 4.98 Å². The van der Waals surface area contributed by atoms with Gasteiger partial charge in [-0.3, -0.25) is 14.4 Å². The third-order valence-corrected chi connectivity index (χ3v) is 11.1. The molecule has 1 aliphatic rings. The van der Waals surface area contributed by atoms with Gasteiger partial charge in [-0.25, -0.2) is 8.42 Å². The lowest BCUT2D eigenvalue weighted by Crippen LogP contribution is -2.43. The average molecular weight is 615 g/mol. The van der Waals surface area contributed by atoms with Crippen LogP contribution in [0.4, 0.5) is 17.1 Å². The number of aliphatic hydroxyl groups is 1. The Morgan fingerprint density at radius 3 is 2.21 bits per heavy atom. The van der Waals surface area contributed by atoms with Gasteiger partial charge in [-0.2, -0.15) is 8.42 Å². The van der Waals surface area contributed by atoms with E-state index in [1.807, 2.05) is 31.1 Å². The van der Waals surface area contributed by atoms with Gasteiger partial charge in [0, 0.05) is 43.5 Å². The van der Waals surface area contributed by atoms with Crippen LogP contribution in [0, 0.1) is 5.41 Å². The molecule has 1 aromatic heterocycles. The molecule has 0 radical (unpaired) electrons. The Hall–Kier alpha value is -3.15. The summed E-state index contributed by atoms with van der Waals surface area (Å²) in [5.74, 6) is -0.822. The molecular weight excluding hydrogens is 572 g/mol. The predicted molar refractivity (Wildman–Crippen MR) is 169 cm³/mol. The average Bonchev–Trinajstić information content (AvgIpc) is 3.01. The number of nitrogens with one attached hydrogen (secondary N) is 2. The predicted octanol–water partition coefficient (Wildman–Crippen LogP) is 5.56. The van der Waals surface area contributed by atoms with Crippen molar-refractivity contribution in [3.8, 4) is 0 Å². The van der Waals surface area contributed by atoms with Crippen molar-refractivity contribution in [2.45, 2.75) is 69.3 Å². The molecule has 0 spiro atoms. The van der Waals surface area contributed by atoms with E-state index in [1.165, 1.54) is 12.4 Å². The molecule has 2 heterocycles. The summed E-state index contributed by atoms with van der Waals surface area (Å²) in [4.78, 5) is 6.03. The minimum Gasteiger partial charge on any atom is -0.392 e. The molecule has 2 atom stereocenters. The third kappa shape index (κ3) is 7.07. The Morgan fingerprint density at radius 2 is 1.60 bits per heavy atom. The van der Waals surface area contributed by atoms with Gasteiger partial charge in [0.05, 0.1) is 28.1 Å². The molecule has 0 bridgehead atoms. The third-order valence-electron chi connectivity index (χ3n) is 8.09. The minimum absolute atomic E-state index is 0.131. The van der Waals surface area contributed by atoms with E-state index in [-0.39, 0.29) is 10.6 Å². The number of aromatic nitrogens is 1. The van der Waals surface area contributed by atoms with Crippen LogP contribution in [0.5, 0.6) is 0 Å². The van der Waals surface area contributed by atoms with Gasteiger partial charge in [-0.15, -0.1) is 0 Å². The summed E-state index contributed by atoms with van der Waals surface area (Å²) in [5.41, 5.74) is 1.78. The second-order valence-electron chi connectivity index (χ2n) is 11.4. The standard InChI is InChI=1S/C31H42N4O5S2/c1-5-7-16-31(17-8-6-2)22-41(37,38)28-13-12-26(35(3)4)21-27(28)29(30(31)36)23-10-9-11-25(20-23)34-42(39,40)33-24-14-18-32-19-15-24/h9-15,18-21,29-30,34,36H,5-8,16-17,22H2,1-4H3,(H,32,33)/t29-,30-/m1/s1. The maximum Gasteiger partial charge on any atom is 0.321 e. The Bertz CT molecular complexity index is 1570. The van der Waals surface area contributed by atoms with Crippen LogP contribution < -0.4 is 14.3 Å². The molecule has 11 heteroatoms. The fraction of sp³-hybridized carbons (Fsp3) is 0.452. The van der Waals surface area contributed by atoms with E-state index >= 15 is 0 Å². The van der Waals surface area contributed by atoms with Crippen molar-refractivity contribution in [2.24, 2.45) is 5.41 Å². The van der Waals surface area contributed by atoms with Crippen molar-refractivity contribution in [1.29, 1.82) is 0 Å². The second-order valence-corrected chi connectivity index (χ2v) is 14.8. The van der Waals surface area contributed by atoms with Crippen molar-refractivity contribution in [2.75, 3.05) is 34.2 Å². The minimum atomic E-state index is -3.99. The molecule has 0 unspecified atom stereocenters. The summed E-state index contributed by atoms with van der Waals surface area (Å²) in [6.07, 6.45) is 6.48.